The van der Waals surface area contributed by atoms with E-state index in [4.69, 9.17) is 14.2 Å². The third-order valence-electron chi connectivity index (χ3n) is 5.71. The van der Waals surface area contributed by atoms with Crippen LogP contribution in [0.4, 0.5) is 11.4 Å². The lowest BCUT2D eigenvalue weighted by atomic mass is 10.1. The Kier molecular flexibility index (Phi) is 8.25. The molecule has 0 fully saturated rings. The van der Waals surface area contributed by atoms with E-state index in [0.717, 1.165) is 0 Å². The Morgan fingerprint density at radius 2 is 1.79 bits per heavy atom. The first-order chi connectivity index (χ1) is 18.8. The van der Waals surface area contributed by atoms with Crippen molar-refractivity contribution in [1.29, 1.82) is 0 Å². The smallest absolute Gasteiger partial charge is 0.335 e. The van der Waals surface area contributed by atoms with Gasteiger partial charge in [-0.3, -0.25) is 9.59 Å². The van der Waals surface area contributed by atoms with Crippen molar-refractivity contribution in [2.24, 2.45) is 5.10 Å². The molecule has 4 rings (SSSR count). The second-order valence-corrected chi connectivity index (χ2v) is 8.42. The number of rotatable bonds is 10. The minimum absolute atomic E-state index is 0.0547. The van der Waals surface area contributed by atoms with Crippen LogP contribution < -0.4 is 24.5 Å². The molecule has 2 amide bonds. The zero-order valence-corrected chi connectivity index (χ0v) is 21.6. The van der Waals surface area contributed by atoms with Crippen molar-refractivity contribution in [2.45, 2.75) is 13.8 Å². The number of anilines is 2. The Bertz CT molecular complexity index is 1460. The lowest BCUT2D eigenvalue weighted by molar-refractivity contribution is -0.118. The highest BCUT2D eigenvalue weighted by Gasteiger charge is 2.29. The third-order valence-corrected chi connectivity index (χ3v) is 5.71. The first-order valence-electron chi connectivity index (χ1n) is 12.1. The van der Waals surface area contributed by atoms with Crippen LogP contribution in [0.15, 0.2) is 77.4 Å². The summed E-state index contributed by atoms with van der Waals surface area (Å²) >= 11 is 0. The number of nitrogens with one attached hydrogen (secondary N) is 1. The van der Waals surface area contributed by atoms with Gasteiger partial charge in [0.05, 0.1) is 36.3 Å². The predicted molar refractivity (Wildman–Crippen MR) is 147 cm³/mol. The molecule has 0 atom stereocenters. The SMILES string of the molecule is CCOc1ccc(NC(=O)COc2ccc(/C=C3/C(=O)N(c4cccc(C(=O)O)c4)N=C3C)cc2OC)cc1. The minimum Gasteiger partial charge on any atom is -0.494 e. The fourth-order valence-electron chi connectivity index (χ4n) is 3.83. The van der Waals surface area contributed by atoms with Crippen LogP contribution in [0.2, 0.25) is 0 Å². The normalized spacial score (nSPS) is 13.7. The molecule has 0 saturated heterocycles. The second kappa shape index (κ2) is 12.0. The van der Waals surface area contributed by atoms with E-state index in [-0.39, 0.29) is 24.0 Å². The van der Waals surface area contributed by atoms with Gasteiger partial charge in [0.1, 0.15) is 5.75 Å². The quantitative estimate of drug-likeness (QED) is 0.367. The van der Waals surface area contributed by atoms with Gasteiger partial charge in [-0.25, -0.2) is 4.79 Å². The summed E-state index contributed by atoms with van der Waals surface area (Å²) in [6.07, 6.45) is 1.66. The molecule has 1 heterocycles. The molecule has 0 unspecified atom stereocenters. The van der Waals surface area contributed by atoms with Gasteiger partial charge in [0.25, 0.3) is 11.8 Å². The molecule has 0 aliphatic carbocycles. The third kappa shape index (κ3) is 6.42. The molecule has 3 aromatic rings. The van der Waals surface area contributed by atoms with E-state index >= 15 is 0 Å². The standard InChI is InChI=1S/C29H27N3O7/c1-4-38-23-11-9-21(10-12-23)30-27(33)17-39-25-13-8-19(15-26(25)37-3)14-24-18(2)31-32(28(24)34)22-7-5-6-20(16-22)29(35)36/h5-16H,4,17H2,1-3H3,(H,30,33)(H,35,36)/b24-14+. The fourth-order valence-corrected chi connectivity index (χ4v) is 3.83. The molecule has 0 radical (unpaired) electrons. The molecule has 200 valence electrons. The average molecular weight is 530 g/mol. The number of benzene rings is 3. The van der Waals surface area contributed by atoms with Gasteiger partial charge in [0, 0.05) is 5.69 Å². The first-order valence-corrected chi connectivity index (χ1v) is 12.1. The Balaban J connectivity index is 1.43. The van der Waals surface area contributed by atoms with E-state index in [1.54, 1.807) is 67.6 Å². The van der Waals surface area contributed by atoms with Gasteiger partial charge in [-0.1, -0.05) is 12.1 Å². The van der Waals surface area contributed by atoms with Gasteiger partial charge < -0.3 is 24.6 Å². The van der Waals surface area contributed by atoms with Crippen LogP contribution in [0, 0.1) is 0 Å². The van der Waals surface area contributed by atoms with Gasteiger partial charge in [-0.05, 0) is 80.1 Å². The highest BCUT2D eigenvalue weighted by atomic mass is 16.5. The number of aromatic carboxylic acids is 1. The first kappa shape index (κ1) is 26.9. The Hall–Kier alpha value is -5.12. The van der Waals surface area contributed by atoms with Crippen LogP contribution in [-0.4, -0.2) is 48.9 Å². The van der Waals surface area contributed by atoms with Gasteiger partial charge in [-0.2, -0.15) is 10.1 Å². The molecule has 0 saturated carbocycles. The number of amides is 2. The number of carbonyl (C=O) groups excluding carboxylic acids is 2. The molecule has 1 aliphatic rings. The highest BCUT2D eigenvalue weighted by Crippen LogP contribution is 2.31. The molecule has 3 aromatic carbocycles. The molecular weight excluding hydrogens is 502 g/mol. The number of hydrogen-bond acceptors (Lipinski definition) is 7. The molecule has 0 bridgehead atoms. The lowest BCUT2D eigenvalue weighted by Gasteiger charge is -2.13. The van der Waals surface area contributed by atoms with Gasteiger partial charge in [-0.15, -0.1) is 0 Å². The lowest BCUT2D eigenvalue weighted by Crippen LogP contribution is -2.21. The molecule has 0 spiro atoms. The van der Waals surface area contributed by atoms with Crippen LogP contribution in [0.3, 0.4) is 0 Å². The number of hydrazone groups is 1. The summed E-state index contributed by atoms with van der Waals surface area (Å²) in [5.41, 5.74) is 2.50. The monoisotopic (exact) mass is 529 g/mol. The van der Waals surface area contributed by atoms with Gasteiger partial charge in [0.2, 0.25) is 0 Å². The van der Waals surface area contributed by atoms with E-state index < -0.39 is 5.97 Å². The maximum atomic E-state index is 13.1. The Morgan fingerprint density at radius 1 is 1.03 bits per heavy atom. The topological polar surface area (TPSA) is 127 Å². The Labute approximate surface area is 225 Å². The molecule has 10 heteroatoms. The summed E-state index contributed by atoms with van der Waals surface area (Å²) in [5, 5.41) is 17.5. The molecular formula is C29H27N3O7. The molecule has 0 aromatic heterocycles. The molecule has 39 heavy (non-hydrogen) atoms. The van der Waals surface area contributed by atoms with Crippen LogP contribution in [0.25, 0.3) is 6.08 Å². The maximum absolute atomic E-state index is 13.1. The number of carboxylic acid groups (broad SMARTS) is 1. The van der Waals surface area contributed by atoms with Gasteiger partial charge in [0.15, 0.2) is 18.1 Å². The molecule has 1 aliphatic heterocycles. The van der Waals surface area contributed by atoms with Gasteiger partial charge >= 0.3 is 5.97 Å². The van der Waals surface area contributed by atoms with E-state index in [1.807, 2.05) is 6.92 Å². The Morgan fingerprint density at radius 3 is 2.49 bits per heavy atom. The maximum Gasteiger partial charge on any atom is 0.335 e. The fraction of sp³-hybridized carbons (Fsp3) is 0.172. The summed E-state index contributed by atoms with van der Waals surface area (Å²) in [6.45, 7) is 3.91. The van der Waals surface area contributed by atoms with Crippen LogP contribution >= 0.6 is 0 Å². The van der Waals surface area contributed by atoms with E-state index in [9.17, 15) is 19.5 Å². The van der Waals surface area contributed by atoms with E-state index in [2.05, 4.69) is 10.4 Å². The highest BCUT2D eigenvalue weighted by molar-refractivity contribution is 6.32. The zero-order chi connectivity index (χ0) is 27.9. The summed E-state index contributed by atoms with van der Waals surface area (Å²) in [6, 6.07) is 18.1. The largest absolute Gasteiger partial charge is 0.494 e. The van der Waals surface area contributed by atoms with Crippen molar-refractivity contribution in [2.75, 3.05) is 30.6 Å². The van der Waals surface area contributed by atoms with Crippen LogP contribution in [0.1, 0.15) is 29.8 Å². The second-order valence-electron chi connectivity index (χ2n) is 8.42. The van der Waals surface area contributed by atoms with Crippen LogP contribution in [-0.2, 0) is 9.59 Å². The van der Waals surface area contributed by atoms with Crippen molar-refractivity contribution >= 4 is 40.9 Å². The number of carboxylic acids is 1. The number of carbonyl (C=O) groups is 3. The van der Waals surface area contributed by atoms with E-state index in [1.165, 1.54) is 24.3 Å². The van der Waals surface area contributed by atoms with Crippen molar-refractivity contribution in [3.05, 3.63) is 83.4 Å². The van der Waals surface area contributed by atoms with E-state index in [0.29, 0.717) is 52.1 Å². The number of methoxy groups -OCH3 is 1. The molecule has 2 N–H and O–H groups in total. The summed E-state index contributed by atoms with van der Waals surface area (Å²) < 4.78 is 16.5. The average Bonchev–Trinajstić information content (AvgIpc) is 3.22. The minimum atomic E-state index is -1.09. The number of nitrogens with zero attached hydrogens (tertiary/aromatic N) is 2. The zero-order valence-electron chi connectivity index (χ0n) is 21.6. The van der Waals surface area contributed by atoms with Crippen molar-refractivity contribution < 1.29 is 33.7 Å². The van der Waals surface area contributed by atoms with Crippen LogP contribution in [0.5, 0.6) is 17.2 Å². The van der Waals surface area contributed by atoms with Crippen molar-refractivity contribution in [3.8, 4) is 17.2 Å². The van der Waals surface area contributed by atoms with Crippen molar-refractivity contribution in [1.82, 2.24) is 0 Å². The number of ether oxygens (including phenoxy) is 3. The summed E-state index contributed by atoms with van der Waals surface area (Å²) in [4.78, 5) is 36.8. The number of hydrogen-bond donors (Lipinski definition) is 2. The van der Waals surface area contributed by atoms with Crippen molar-refractivity contribution in [3.63, 3.8) is 0 Å². The summed E-state index contributed by atoms with van der Waals surface area (Å²) in [7, 11) is 1.48. The summed E-state index contributed by atoms with van der Waals surface area (Å²) in [5.74, 6) is -0.375. The predicted octanol–water partition coefficient (Wildman–Crippen LogP) is 4.62. The molecule has 10 nitrogen and oxygen atoms in total.